The minimum absolute atomic E-state index is 0.0495. The zero-order chi connectivity index (χ0) is 18.4. The maximum Gasteiger partial charge on any atom is 0.431 e. The van der Waals surface area contributed by atoms with Crippen LogP contribution in [0.15, 0.2) is 27.8 Å². The normalized spacial score (nSPS) is 11.6. The number of rotatable bonds is 2. The van der Waals surface area contributed by atoms with E-state index < -0.39 is 50.3 Å². The molecule has 1 heterocycles. The van der Waals surface area contributed by atoms with E-state index in [-0.39, 0.29) is 15.2 Å². The summed E-state index contributed by atoms with van der Waals surface area (Å²) in [5.74, 6) is -1.29. The highest BCUT2D eigenvalue weighted by molar-refractivity contribution is 6.32. The summed E-state index contributed by atoms with van der Waals surface area (Å²) >= 11 is 5.48. The average molecular weight is 368 g/mol. The fourth-order valence-corrected chi connectivity index (χ4v) is 2.18. The third kappa shape index (κ3) is 2.89. The van der Waals surface area contributed by atoms with E-state index in [9.17, 15) is 37.3 Å². The lowest BCUT2D eigenvalue weighted by Crippen LogP contribution is -2.41. The number of alkyl halides is 3. The Kier molecular flexibility index (Phi) is 4.23. The molecule has 1 aromatic carbocycles. The van der Waals surface area contributed by atoms with Crippen molar-refractivity contribution < 1.29 is 22.5 Å². The summed E-state index contributed by atoms with van der Waals surface area (Å²) in [6.07, 6.45) is -4.99. The second-order valence-corrected chi connectivity index (χ2v) is 4.96. The van der Waals surface area contributed by atoms with Gasteiger partial charge in [0.1, 0.15) is 16.5 Å². The number of nitro groups is 1. The largest absolute Gasteiger partial charge is 0.431 e. The summed E-state index contributed by atoms with van der Waals surface area (Å²) in [5.41, 5.74) is -6.27. The van der Waals surface area contributed by atoms with Gasteiger partial charge in [-0.05, 0) is 0 Å². The molecule has 0 aliphatic rings. The van der Waals surface area contributed by atoms with Crippen LogP contribution in [0, 0.1) is 15.9 Å². The molecule has 0 aliphatic heterocycles. The molecule has 0 fully saturated rings. The van der Waals surface area contributed by atoms with Crippen LogP contribution < -0.4 is 11.2 Å². The lowest BCUT2D eigenvalue weighted by Gasteiger charge is -2.14. The standard InChI is InChI=1S/C12H6ClF4N3O4/c1-18-9(12(15,16)17)4-10(21)19(11(18)22)8-3-7(20(23)24)5(13)2-6(8)14/h2-4H,1H3. The molecule has 0 spiro atoms. The molecule has 0 unspecified atom stereocenters. The highest BCUT2D eigenvalue weighted by Gasteiger charge is 2.35. The van der Waals surface area contributed by atoms with E-state index >= 15 is 0 Å². The van der Waals surface area contributed by atoms with Crippen LogP contribution in [0.2, 0.25) is 5.02 Å². The quantitative estimate of drug-likeness (QED) is 0.463. The van der Waals surface area contributed by atoms with E-state index in [0.717, 1.165) is 7.05 Å². The first kappa shape index (κ1) is 17.7. The van der Waals surface area contributed by atoms with Gasteiger partial charge in [-0.15, -0.1) is 0 Å². The van der Waals surface area contributed by atoms with Crippen molar-refractivity contribution in [2.45, 2.75) is 6.18 Å². The predicted octanol–water partition coefficient (Wildman–Crippen LogP) is 2.26. The van der Waals surface area contributed by atoms with Gasteiger partial charge in [-0.25, -0.2) is 13.8 Å². The zero-order valence-corrected chi connectivity index (χ0v) is 12.4. The van der Waals surface area contributed by atoms with E-state index in [1.54, 1.807) is 0 Å². The van der Waals surface area contributed by atoms with Crippen LogP contribution in [-0.2, 0) is 13.2 Å². The number of benzene rings is 1. The molecule has 2 aromatic rings. The Labute approximate surface area is 134 Å². The molecule has 0 bridgehead atoms. The number of halogens is 5. The third-order valence-electron chi connectivity index (χ3n) is 3.06. The first-order valence-electron chi connectivity index (χ1n) is 5.99. The SMILES string of the molecule is Cn1c(C(F)(F)F)cc(=O)n(-c2cc([N+](=O)[O-])c(Cl)cc2F)c1=O. The zero-order valence-electron chi connectivity index (χ0n) is 11.6. The summed E-state index contributed by atoms with van der Waals surface area (Å²) in [5, 5.41) is 10.2. The van der Waals surface area contributed by atoms with Gasteiger partial charge in [-0.2, -0.15) is 13.2 Å². The van der Waals surface area contributed by atoms with Gasteiger partial charge in [0.15, 0.2) is 0 Å². The fourth-order valence-electron chi connectivity index (χ4n) is 1.96. The summed E-state index contributed by atoms with van der Waals surface area (Å²) in [4.78, 5) is 33.7. The Morgan fingerprint density at radius 3 is 2.29 bits per heavy atom. The molecule has 0 aliphatic carbocycles. The Morgan fingerprint density at radius 2 is 1.79 bits per heavy atom. The maximum atomic E-state index is 14.0. The van der Waals surface area contributed by atoms with Crippen molar-refractivity contribution in [3.63, 3.8) is 0 Å². The number of aromatic nitrogens is 2. The van der Waals surface area contributed by atoms with E-state index in [4.69, 9.17) is 11.6 Å². The first-order chi connectivity index (χ1) is 10.9. The minimum atomic E-state index is -4.99. The lowest BCUT2D eigenvalue weighted by atomic mass is 10.2. The monoisotopic (exact) mass is 367 g/mol. The number of nitrogens with zero attached hydrogens (tertiary/aromatic N) is 3. The molecule has 2 rings (SSSR count). The van der Waals surface area contributed by atoms with Crippen molar-refractivity contribution in [2.24, 2.45) is 7.05 Å². The molecule has 0 amide bonds. The third-order valence-corrected chi connectivity index (χ3v) is 3.37. The topological polar surface area (TPSA) is 87.1 Å². The van der Waals surface area contributed by atoms with Gasteiger partial charge in [0.05, 0.1) is 10.6 Å². The van der Waals surface area contributed by atoms with Crippen molar-refractivity contribution in [3.05, 3.63) is 65.7 Å². The van der Waals surface area contributed by atoms with Crippen LogP contribution in [0.4, 0.5) is 23.2 Å². The summed E-state index contributed by atoms with van der Waals surface area (Å²) in [6, 6.07) is 1.06. The molecule has 0 saturated carbocycles. The predicted molar refractivity (Wildman–Crippen MR) is 73.9 cm³/mol. The highest BCUT2D eigenvalue weighted by Crippen LogP contribution is 2.29. The molecule has 0 N–H and O–H groups in total. The minimum Gasteiger partial charge on any atom is -0.292 e. The van der Waals surface area contributed by atoms with Crippen LogP contribution in [0.5, 0.6) is 0 Å². The number of hydrogen-bond acceptors (Lipinski definition) is 4. The molecule has 128 valence electrons. The second-order valence-electron chi connectivity index (χ2n) is 4.55. The second kappa shape index (κ2) is 5.74. The Morgan fingerprint density at radius 1 is 1.21 bits per heavy atom. The molecule has 7 nitrogen and oxygen atoms in total. The number of hydrogen-bond donors (Lipinski definition) is 0. The molecular formula is C12H6ClF4N3O4. The van der Waals surface area contributed by atoms with Gasteiger partial charge in [0.2, 0.25) is 0 Å². The van der Waals surface area contributed by atoms with Crippen LogP contribution in [-0.4, -0.2) is 14.1 Å². The molecule has 0 saturated heterocycles. The smallest absolute Gasteiger partial charge is 0.292 e. The van der Waals surface area contributed by atoms with Crippen molar-refractivity contribution in [1.82, 2.24) is 9.13 Å². The lowest BCUT2D eigenvalue weighted by molar-refractivity contribution is -0.384. The van der Waals surface area contributed by atoms with E-state index in [2.05, 4.69) is 0 Å². The first-order valence-corrected chi connectivity index (χ1v) is 6.37. The average Bonchev–Trinajstić information content (AvgIpc) is 2.43. The van der Waals surface area contributed by atoms with Gasteiger partial charge >= 0.3 is 11.9 Å². The van der Waals surface area contributed by atoms with Gasteiger partial charge in [-0.3, -0.25) is 19.5 Å². The molecule has 12 heteroatoms. The van der Waals surface area contributed by atoms with Crippen LogP contribution in [0.25, 0.3) is 5.69 Å². The van der Waals surface area contributed by atoms with Gasteiger partial charge in [0, 0.05) is 25.2 Å². The van der Waals surface area contributed by atoms with Crippen LogP contribution >= 0.6 is 11.6 Å². The van der Waals surface area contributed by atoms with Crippen LogP contribution in [0.3, 0.4) is 0 Å². The van der Waals surface area contributed by atoms with Crippen molar-refractivity contribution >= 4 is 17.3 Å². The van der Waals surface area contributed by atoms with Crippen molar-refractivity contribution in [3.8, 4) is 5.69 Å². The van der Waals surface area contributed by atoms with Crippen molar-refractivity contribution in [2.75, 3.05) is 0 Å². The van der Waals surface area contributed by atoms with Gasteiger partial charge in [-0.1, -0.05) is 11.6 Å². The fraction of sp³-hybridized carbons (Fsp3) is 0.167. The number of nitro benzene ring substituents is 1. The van der Waals surface area contributed by atoms with E-state index in [0.29, 0.717) is 12.1 Å². The highest BCUT2D eigenvalue weighted by atomic mass is 35.5. The van der Waals surface area contributed by atoms with Crippen LogP contribution in [0.1, 0.15) is 5.69 Å². The molecule has 1 aromatic heterocycles. The molecule has 24 heavy (non-hydrogen) atoms. The summed E-state index contributed by atoms with van der Waals surface area (Å²) in [7, 11) is 0.726. The molecular weight excluding hydrogens is 362 g/mol. The Bertz CT molecular complexity index is 964. The van der Waals surface area contributed by atoms with Crippen molar-refractivity contribution in [1.29, 1.82) is 0 Å². The summed E-state index contributed by atoms with van der Waals surface area (Å²) < 4.78 is 52.4. The van der Waals surface area contributed by atoms with Gasteiger partial charge < -0.3 is 0 Å². The van der Waals surface area contributed by atoms with E-state index in [1.165, 1.54) is 0 Å². The Hall–Kier alpha value is -2.69. The summed E-state index contributed by atoms with van der Waals surface area (Å²) in [6.45, 7) is 0. The van der Waals surface area contributed by atoms with Gasteiger partial charge in [0.25, 0.3) is 11.2 Å². The Balaban J connectivity index is 2.88. The molecule has 0 radical (unpaired) electrons. The van der Waals surface area contributed by atoms with E-state index in [1.807, 2.05) is 0 Å². The molecule has 0 atom stereocenters. The maximum absolute atomic E-state index is 14.0.